The van der Waals surface area contributed by atoms with Crippen LogP contribution < -0.4 is 5.32 Å². The van der Waals surface area contributed by atoms with Gasteiger partial charge in [-0.15, -0.1) is 0 Å². The van der Waals surface area contributed by atoms with E-state index in [1.54, 1.807) is 13.0 Å². The zero-order valence-corrected chi connectivity index (χ0v) is 11.3. The van der Waals surface area contributed by atoms with E-state index in [-0.39, 0.29) is 10.6 Å². The molecule has 1 aromatic carbocycles. The molecule has 17 heavy (non-hydrogen) atoms. The number of nitrogens with one attached hydrogen (secondary N) is 1. The molecule has 1 saturated carbocycles. The topological polar surface area (TPSA) is 55.2 Å². The Bertz CT molecular complexity index is 444. The molecule has 1 aliphatic carbocycles. The zero-order valence-electron chi connectivity index (χ0n) is 9.70. The molecule has 0 atom stereocenters. The van der Waals surface area contributed by atoms with Gasteiger partial charge < -0.3 is 5.32 Å². The van der Waals surface area contributed by atoms with E-state index in [4.69, 9.17) is 0 Å². The fraction of sp³-hybridized carbons (Fsp3) is 0.500. The standard InChI is InChI=1S/C12H15BrN2O2/c1-8-5-11(14-7-9-3-2-4-9)10(13)6-12(8)15(16)17/h5-6,9,14H,2-4,7H2,1H3. The van der Waals surface area contributed by atoms with Gasteiger partial charge in [-0.3, -0.25) is 10.1 Å². The van der Waals surface area contributed by atoms with Crippen LogP contribution in [0.25, 0.3) is 0 Å². The molecule has 0 amide bonds. The van der Waals surface area contributed by atoms with Crippen molar-refractivity contribution in [2.24, 2.45) is 5.92 Å². The van der Waals surface area contributed by atoms with E-state index in [9.17, 15) is 10.1 Å². The summed E-state index contributed by atoms with van der Waals surface area (Å²) < 4.78 is 0.758. The van der Waals surface area contributed by atoms with E-state index in [1.165, 1.54) is 19.3 Å². The molecule has 1 aliphatic rings. The molecule has 0 unspecified atom stereocenters. The number of halogens is 1. The highest BCUT2D eigenvalue weighted by Gasteiger charge is 2.18. The van der Waals surface area contributed by atoms with E-state index in [0.717, 1.165) is 22.6 Å². The minimum Gasteiger partial charge on any atom is -0.384 e. The molecule has 1 aromatic rings. The van der Waals surface area contributed by atoms with Crippen molar-refractivity contribution in [2.45, 2.75) is 26.2 Å². The van der Waals surface area contributed by atoms with Crippen molar-refractivity contribution in [3.63, 3.8) is 0 Å². The molecule has 4 nitrogen and oxygen atoms in total. The lowest BCUT2D eigenvalue weighted by molar-refractivity contribution is -0.385. The first-order valence-electron chi connectivity index (χ1n) is 5.76. The van der Waals surface area contributed by atoms with Crippen molar-refractivity contribution in [1.82, 2.24) is 0 Å². The number of aryl methyl sites for hydroxylation is 1. The molecular formula is C12H15BrN2O2. The predicted molar refractivity (Wildman–Crippen MR) is 71.4 cm³/mol. The Kier molecular flexibility index (Phi) is 3.66. The number of rotatable bonds is 4. The minimum absolute atomic E-state index is 0.158. The highest BCUT2D eigenvalue weighted by atomic mass is 79.9. The first kappa shape index (κ1) is 12.4. The van der Waals surface area contributed by atoms with Gasteiger partial charge in [0.1, 0.15) is 0 Å². The van der Waals surface area contributed by atoms with Crippen LogP contribution in [0.4, 0.5) is 11.4 Å². The largest absolute Gasteiger partial charge is 0.384 e. The van der Waals surface area contributed by atoms with Gasteiger partial charge in [0.15, 0.2) is 0 Å². The number of nitro benzene ring substituents is 1. The second-order valence-corrected chi connectivity index (χ2v) is 5.41. The van der Waals surface area contributed by atoms with Crippen LogP contribution in [0, 0.1) is 23.0 Å². The van der Waals surface area contributed by atoms with E-state index in [2.05, 4.69) is 21.2 Å². The van der Waals surface area contributed by atoms with Crippen LogP contribution in [0.3, 0.4) is 0 Å². The third-order valence-electron chi connectivity index (χ3n) is 3.29. The summed E-state index contributed by atoms with van der Waals surface area (Å²) in [6.45, 7) is 2.72. The second kappa shape index (κ2) is 5.04. The number of hydrogen-bond donors (Lipinski definition) is 1. The lowest BCUT2D eigenvalue weighted by Crippen LogP contribution is -2.21. The number of anilines is 1. The van der Waals surface area contributed by atoms with Crippen LogP contribution >= 0.6 is 15.9 Å². The van der Waals surface area contributed by atoms with Crippen LogP contribution in [-0.4, -0.2) is 11.5 Å². The quantitative estimate of drug-likeness (QED) is 0.678. The van der Waals surface area contributed by atoms with Gasteiger partial charge in [0.05, 0.1) is 4.92 Å². The predicted octanol–water partition coefficient (Wildman–Crippen LogP) is 3.88. The molecular weight excluding hydrogens is 284 g/mol. The van der Waals surface area contributed by atoms with Crippen LogP contribution in [0.5, 0.6) is 0 Å². The van der Waals surface area contributed by atoms with Gasteiger partial charge in [0.2, 0.25) is 0 Å². The molecule has 1 fully saturated rings. The summed E-state index contributed by atoms with van der Waals surface area (Å²) in [6, 6.07) is 3.40. The van der Waals surface area contributed by atoms with Gasteiger partial charge >= 0.3 is 0 Å². The zero-order chi connectivity index (χ0) is 12.4. The van der Waals surface area contributed by atoms with Crippen molar-refractivity contribution >= 4 is 27.3 Å². The van der Waals surface area contributed by atoms with Crippen molar-refractivity contribution in [1.29, 1.82) is 0 Å². The summed E-state index contributed by atoms with van der Waals surface area (Å²) in [5.74, 6) is 0.761. The van der Waals surface area contributed by atoms with Gasteiger partial charge in [-0.2, -0.15) is 0 Å². The van der Waals surface area contributed by atoms with Gasteiger partial charge in [0, 0.05) is 28.3 Å². The molecule has 0 aromatic heterocycles. The van der Waals surface area contributed by atoms with Crippen LogP contribution in [0.1, 0.15) is 24.8 Å². The maximum Gasteiger partial charge on any atom is 0.273 e. The molecule has 0 saturated heterocycles. The Morgan fingerprint density at radius 3 is 2.76 bits per heavy atom. The Hall–Kier alpha value is -1.10. The molecule has 0 bridgehead atoms. The van der Waals surface area contributed by atoms with Crippen LogP contribution in [0.2, 0.25) is 0 Å². The summed E-state index contributed by atoms with van der Waals surface area (Å²) in [6.07, 6.45) is 3.90. The third kappa shape index (κ3) is 2.77. The summed E-state index contributed by atoms with van der Waals surface area (Å²) in [5, 5.41) is 14.1. The smallest absolute Gasteiger partial charge is 0.273 e. The number of nitrogens with zero attached hydrogens (tertiary/aromatic N) is 1. The number of benzene rings is 1. The van der Waals surface area contributed by atoms with Crippen LogP contribution in [-0.2, 0) is 0 Å². The fourth-order valence-electron chi connectivity index (χ4n) is 1.95. The highest BCUT2D eigenvalue weighted by Crippen LogP contribution is 2.32. The van der Waals surface area contributed by atoms with Crippen molar-refractivity contribution in [2.75, 3.05) is 11.9 Å². The fourth-order valence-corrected chi connectivity index (χ4v) is 2.43. The van der Waals surface area contributed by atoms with E-state index in [0.29, 0.717) is 5.56 Å². The molecule has 92 valence electrons. The van der Waals surface area contributed by atoms with Crippen molar-refractivity contribution in [3.8, 4) is 0 Å². The first-order valence-corrected chi connectivity index (χ1v) is 6.55. The number of nitro groups is 1. The molecule has 0 aliphatic heterocycles. The second-order valence-electron chi connectivity index (χ2n) is 4.55. The monoisotopic (exact) mass is 298 g/mol. The lowest BCUT2D eigenvalue weighted by Gasteiger charge is -2.26. The van der Waals surface area contributed by atoms with E-state index < -0.39 is 0 Å². The molecule has 1 N–H and O–H groups in total. The van der Waals surface area contributed by atoms with Crippen LogP contribution in [0.15, 0.2) is 16.6 Å². The van der Waals surface area contributed by atoms with E-state index in [1.807, 2.05) is 6.07 Å². The van der Waals surface area contributed by atoms with Gasteiger partial charge in [-0.05, 0) is 47.7 Å². The Morgan fingerprint density at radius 1 is 1.53 bits per heavy atom. The van der Waals surface area contributed by atoms with Gasteiger partial charge in [-0.1, -0.05) is 6.42 Å². The summed E-state index contributed by atoms with van der Waals surface area (Å²) in [4.78, 5) is 10.4. The van der Waals surface area contributed by atoms with Gasteiger partial charge in [0.25, 0.3) is 5.69 Å². The van der Waals surface area contributed by atoms with Crippen molar-refractivity contribution in [3.05, 3.63) is 32.3 Å². The summed E-state index contributed by atoms with van der Waals surface area (Å²) in [5.41, 5.74) is 1.79. The Morgan fingerprint density at radius 2 is 2.24 bits per heavy atom. The average molecular weight is 299 g/mol. The van der Waals surface area contributed by atoms with Gasteiger partial charge in [-0.25, -0.2) is 0 Å². The maximum atomic E-state index is 10.8. The Balaban J connectivity index is 2.11. The number of hydrogen-bond acceptors (Lipinski definition) is 3. The summed E-state index contributed by atoms with van der Waals surface area (Å²) in [7, 11) is 0. The lowest BCUT2D eigenvalue weighted by atomic mass is 9.85. The molecule has 5 heteroatoms. The molecule has 0 heterocycles. The SMILES string of the molecule is Cc1cc(NCC2CCC2)c(Br)cc1[N+](=O)[O-]. The van der Waals surface area contributed by atoms with E-state index >= 15 is 0 Å². The average Bonchev–Trinajstić information content (AvgIpc) is 2.19. The third-order valence-corrected chi connectivity index (χ3v) is 3.94. The molecule has 0 radical (unpaired) electrons. The van der Waals surface area contributed by atoms with Crippen molar-refractivity contribution < 1.29 is 4.92 Å². The maximum absolute atomic E-state index is 10.8. The minimum atomic E-state index is -0.351. The Labute approximate surface area is 109 Å². The first-order chi connectivity index (χ1) is 8.08. The molecule has 2 rings (SSSR count). The molecule has 0 spiro atoms. The highest BCUT2D eigenvalue weighted by molar-refractivity contribution is 9.10. The normalized spacial score (nSPS) is 15.4. The summed E-state index contributed by atoms with van der Waals surface area (Å²) >= 11 is 3.37.